The van der Waals surface area contributed by atoms with Crippen LogP contribution in [0.5, 0.6) is 17.4 Å². The molecule has 9 heteroatoms. The topological polar surface area (TPSA) is 90.9 Å². The molecule has 144 valence electrons. The molecule has 3 heterocycles. The molecule has 8 nitrogen and oxygen atoms in total. The molecule has 0 radical (unpaired) electrons. The average Bonchev–Trinajstić information content (AvgIpc) is 3.09. The lowest BCUT2D eigenvalue weighted by molar-refractivity contribution is 0.171. The largest absolute Gasteiger partial charge is 0.486 e. The lowest BCUT2D eigenvalue weighted by Gasteiger charge is -2.21. The predicted molar refractivity (Wildman–Crippen MR) is 96.7 cm³/mol. The van der Waals surface area contributed by atoms with Gasteiger partial charge >= 0.3 is 0 Å². The summed E-state index contributed by atoms with van der Waals surface area (Å²) in [6.45, 7) is 5.21. The lowest BCUT2D eigenvalue weighted by atomic mass is 10.3. The van der Waals surface area contributed by atoms with Crippen molar-refractivity contribution in [3.63, 3.8) is 0 Å². The van der Waals surface area contributed by atoms with Crippen LogP contribution in [-0.4, -0.2) is 55.1 Å². The number of fused-ring (bicyclic) bond motifs is 1. The molecule has 1 fully saturated rings. The van der Waals surface area contributed by atoms with Crippen molar-refractivity contribution in [3.8, 4) is 17.4 Å². The third-order valence-electron chi connectivity index (χ3n) is 4.49. The molecule has 1 aromatic carbocycles. The van der Waals surface area contributed by atoms with Crippen LogP contribution in [0.1, 0.15) is 17.9 Å². The summed E-state index contributed by atoms with van der Waals surface area (Å²) in [5, 5.41) is 0. The Kier molecular flexibility index (Phi) is 4.65. The molecule has 27 heavy (non-hydrogen) atoms. The van der Waals surface area contributed by atoms with Crippen molar-refractivity contribution >= 4 is 10.0 Å². The van der Waals surface area contributed by atoms with E-state index < -0.39 is 10.0 Å². The van der Waals surface area contributed by atoms with Crippen molar-refractivity contribution in [1.29, 1.82) is 0 Å². The van der Waals surface area contributed by atoms with Gasteiger partial charge in [0.15, 0.2) is 11.5 Å². The van der Waals surface area contributed by atoms with Crippen LogP contribution in [0.3, 0.4) is 0 Å². The van der Waals surface area contributed by atoms with Crippen molar-refractivity contribution in [3.05, 3.63) is 35.8 Å². The van der Waals surface area contributed by atoms with Gasteiger partial charge < -0.3 is 14.2 Å². The number of benzene rings is 1. The Morgan fingerprint density at radius 3 is 2.67 bits per heavy atom. The summed E-state index contributed by atoms with van der Waals surface area (Å²) in [5.41, 5.74) is 0.816. The quantitative estimate of drug-likeness (QED) is 0.783. The number of rotatable bonds is 4. The number of sulfonamides is 1. The van der Waals surface area contributed by atoms with E-state index in [0.29, 0.717) is 49.4 Å². The molecule has 1 aromatic heterocycles. The van der Waals surface area contributed by atoms with Crippen LogP contribution in [0.2, 0.25) is 0 Å². The highest BCUT2D eigenvalue weighted by Gasteiger charge is 2.34. The standard InChI is InChI=1S/C18H21N3O5S/c1-12-9-18(20-13(2)19-12)26-14-5-6-21(11-14)27(22,23)15-3-4-16-17(10-15)25-8-7-24-16/h3-4,9-10,14H,5-8,11H2,1-2H3/t14-/m0/s1. The maximum atomic E-state index is 13.0. The Balaban J connectivity index is 1.49. The molecular formula is C18H21N3O5S. The number of aromatic nitrogens is 2. The van der Waals surface area contributed by atoms with Gasteiger partial charge in [-0.1, -0.05) is 0 Å². The van der Waals surface area contributed by atoms with Crippen LogP contribution in [0, 0.1) is 13.8 Å². The number of hydrogen-bond donors (Lipinski definition) is 0. The van der Waals surface area contributed by atoms with Gasteiger partial charge in [0.1, 0.15) is 25.1 Å². The van der Waals surface area contributed by atoms with Crippen molar-refractivity contribution in [2.24, 2.45) is 0 Å². The van der Waals surface area contributed by atoms with E-state index in [4.69, 9.17) is 14.2 Å². The molecule has 1 atom stereocenters. The summed E-state index contributed by atoms with van der Waals surface area (Å²) >= 11 is 0. The van der Waals surface area contributed by atoms with E-state index in [1.54, 1.807) is 25.1 Å². The highest BCUT2D eigenvalue weighted by molar-refractivity contribution is 7.89. The molecule has 0 amide bonds. The van der Waals surface area contributed by atoms with Crippen molar-refractivity contribution in [2.75, 3.05) is 26.3 Å². The van der Waals surface area contributed by atoms with E-state index in [1.807, 2.05) is 6.92 Å². The number of hydrogen-bond acceptors (Lipinski definition) is 7. The number of nitrogens with zero attached hydrogens (tertiary/aromatic N) is 3. The Morgan fingerprint density at radius 1 is 1.11 bits per heavy atom. The van der Waals surface area contributed by atoms with Crippen LogP contribution in [0.4, 0.5) is 0 Å². The fraction of sp³-hybridized carbons (Fsp3) is 0.444. The minimum Gasteiger partial charge on any atom is -0.486 e. The van der Waals surface area contributed by atoms with Crippen LogP contribution in [0.25, 0.3) is 0 Å². The summed E-state index contributed by atoms with van der Waals surface area (Å²) < 4.78 is 44.2. The van der Waals surface area contributed by atoms with E-state index in [9.17, 15) is 8.42 Å². The second-order valence-corrected chi connectivity index (χ2v) is 8.53. The van der Waals surface area contributed by atoms with Gasteiger partial charge in [-0.05, 0) is 32.4 Å². The summed E-state index contributed by atoms with van der Waals surface area (Å²) in [7, 11) is -3.63. The number of aryl methyl sites for hydroxylation is 2. The molecule has 0 saturated carbocycles. The minimum atomic E-state index is -3.63. The first-order valence-corrected chi connectivity index (χ1v) is 10.2. The van der Waals surface area contributed by atoms with Crippen molar-refractivity contribution in [2.45, 2.75) is 31.3 Å². The Hall–Kier alpha value is -2.39. The molecule has 2 aliphatic heterocycles. The zero-order valence-electron chi connectivity index (χ0n) is 15.2. The highest BCUT2D eigenvalue weighted by atomic mass is 32.2. The van der Waals surface area contributed by atoms with E-state index in [-0.39, 0.29) is 17.5 Å². The Morgan fingerprint density at radius 2 is 1.89 bits per heavy atom. The monoisotopic (exact) mass is 391 g/mol. The average molecular weight is 391 g/mol. The molecule has 0 N–H and O–H groups in total. The van der Waals surface area contributed by atoms with Crippen LogP contribution in [0.15, 0.2) is 29.2 Å². The van der Waals surface area contributed by atoms with Gasteiger partial charge in [-0.25, -0.2) is 13.4 Å². The third kappa shape index (κ3) is 3.70. The van der Waals surface area contributed by atoms with E-state index in [0.717, 1.165) is 5.69 Å². The molecule has 0 spiro atoms. The zero-order valence-corrected chi connectivity index (χ0v) is 16.0. The SMILES string of the molecule is Cc1cc(O[C@H]2CCN(S(=O)(=O)c3ccc4c(c3)OCCO4)C2)nc(C)n1. The zero-order chi connectivity index (χ0) is 19.0. The van der Waals surface area contributed by atoms with Gasteiger partial charge in [-0.2, -0.15) is 9.29 Å². The van der Waals surface area contributed by atoms with Crippen molar-refractivity contribution in [1.82, 2.24) is 14.3 Å². The summed E-state index contributed by atoms with van der Waals surface area (Å²) in [6, 6.07) is 6.46. The smallest absolute Gasteiger partial charge is 0.243 e. The normalized spacial score (nSPS) is 19.9. The Bertz CT molecular complexity index is 943. The van der Waals surface area contributed by atoms with Gasteiger partial charge in [0.2, 0.25) is 15.9 Å². The molecule has 0 bridgehead atoms. The second-order valence-electron chi connectivity index (χ2n) is 6.59. The van der Waals surface area contributed by atoms with Crippen LogP contribution < -0.4 is 14.2 Å². The van der Waals surface area contributed by atoms with Crippen LogP contribution in [-0.2, 0) is 10.0 Å². The molecule has 0 unspecified atom stereocenters. The molecule has 4 rings (SSSR count). The van der Waals surface area contributed by atoms with Crippen molar-refractivity contribution < 1.29 is 22.6 Å². The maximum absolute atomic E-state index is 13.0. The van der Waals surface area contributed by atoms with E-state index >= 15 is 0 Å². The summed E-state index contributed by atoms with van der Waals surface area (Å²) in [5.74, 6) is 2.13. The molecule has 2 aliphatic rings. The van der Waals surface area contributed by atoms with Gasteiger partial charge in [0, 0.05) is 24.4 Å². The van der Waals surface area contributed by atoms with Gasteiger partial charge in [-0.15, -0.1) is 0 Å². The van der Waals surface area contributed by atoms with Crippen LogP contribution >= 0.6 is 0 Å². The molecular weight excluding hydrogens is 370 g/mol. The van der Waals surface area contributed by atoms with Gasteiger partial charge in [0.05, 0.1) is 11.4 Å². The lowest BCUT2D eigenvalue weighted by Crippen LogP contribution is -2.31. The minimum absolute atomic E-state index is 0.195. The van der Waals surface area contributed by atoms with E-state index in [1.165, 1.54) is 10.4 Å². The fourth-order valence-electron chi connectivity index (χ4n) is 3.26. The molecule has 0 aliphatic carbocycles. The predicted octanol–water partition coefficient (Wildman–Crippen LogP) is 1.71. The first-order valence-electron chi connectivity index (χ1n) is 8.80. The first kappa shape index (κ1) is 18.0. The number of ether oxygens (including phenoxy) is 3. The fourth-order valence-corrected chi connectivity index (χ4v) is 4.76. The molecule has 2 aromatic rings. The molecule has 1 saturated heterocycles. The Labute approximate surface area is 158 Å². The second kappa shape index (κ2) is 6.97. The summed E-state index contributed by atoms with van der Waals surface area (Å²) in [6.07, 6.45) is 0.358. The highest BCUT2D eigenvalue weighted by Crippen LogP contribution is 2.34. The third-order valence-corrected chi connectivity index (χ3v) is 6.35. The first-order chi connectivity index (χ1) is 12.9. The van der Waals surface area contributed by atoms with Gasteiger partial charge in [-0.3, -0.25) is 0 Å². The van der Waals surface area contributed by atoms with E-state index in [2.05, 4.69) is 9.97 Å². The maximum Gasteiger partial charge on any atom is 0.243 e. The van der Waals surface area contributed by atoms with Gasteiger partial charge in [0.25, 0.3) is 0 Å². The summed E-state index contributed by atoms with van der Waals surface area (Å²) in [4.78, 5) is 8.67.